The minimum atomic E-state index is 0.267. The van der Waals surface area contributed by atoms with Gasteiger partial charge in [-0.1, -0.05) is 48.9 Å². The van der Waals surface area contributed by atoms with Crippen molar-refractivity contribution >= 4 is 23.2 Å². The molecule has 2 nitrogen and oxygen atoms in total. The predicted molar refractivity (Wildman–Crippen MR) is 90.6 cm³/mol. The average Bonchev–Trinajstić information content (AvgIpc) is 2.74. The van der Waals surface area contributed by atoms with E-state index in [1.54, 1.807) is 0 Å². The normalized spacial score (nSPS) is 18.3. The smallest absolute Gasteiger partial charge is 0.139 e. The molecule has 1 aliphatic rings. The Balaban J connectivity index is 2.26. The predicted octanol–water partition coefficient (Wildman–Crippen LogP) is 5.62. The number of hydrogen-bond acceptors (Lipinski definition) is 2. The van der Waals surface area contributed by atoms with Crippen molar-refractivity contribution in [2.75, 3.05) is 13.7 Å². The lowest BCUT2D eigenvalue weighted by molar-refractivity contribution is 0.335. The van der Waals surface area contributed by atoms with E-state index in [4.69, 9.17) is 27.9 Å². The van der Waals surface area contributed by atoms with Crippen LogP contribution in [-0.4, -0.2) is 13.7 Å². The van der Waals surface area contributed by atoms with E-state index in [1.807, 2.05) is 26.1 Å². The lowest BCUT2D eigenvalue weighted by Gasteiger charge is -2.27. The van der Waals surface area contributed by atoms with Gasteiger partial charge >= 0.3 is 0 Å². The van der Waals surface area contributed by atoms with Crippen molar-refractivity contribution in [2.45, 2.75) is 51.5 Å². The summed E-state index contributed by atoms with van der Waals surface area (Å²) in [5, 5.41) is 4.84. The standard InChI is InChI=1S/C17H25Cl2NO/c1-3-21-16-11-14(18)13(10-15(16)19)17(20-2)12-8-6-4-5-7-9-12/h10-12,17,20H,3-9H2,1-2H3. The van der Waals surface area contributed by atoms with Gasteiger partial charge < -0.3 is 10.1 Å². The summed E-state index contributed by atoms with van der Waals surface area (Å²) in [7, 11) is 2.01. The molecule has 118 valence electrons. The second kappa shape index (κ2) is 8.26. The summed E-state index contributed by atoms with van der Waals surface area (Å²) in [6.07, 6.45) is 7.84. The van der Waals surface area contributed by atoms with Crippen LogP contribution in [0.2, 0.25) is 10.0 Å². The highest BCUT2D eigenvalue weighted by molar-refractivity contribution is 6.34. The van der Waals surface area contributed by atoms with Crippen LogP contribution < -0.4 is 10.1 Å². The van der Waals surface area contributed by atoms with Gasteiger partial charge in [-0.05, 0) is 44.4 Å². The van der Waals surface area contributed by atoms with Gasteiger partial charge in [-0.3, -0.25) is 0 Å². The lowest BCUT2D eigenvalue weighted by Crippen LogP contribution is -2.25. The Morgan fingerprint density at radius 1 is 1.14 bits per heavy atom. The van der Waals surface area contributed by atoms with E-state index in [-0.39, 0.29) is 6.04 Å². The van der Waals surface area contributed by atoms with Crippen LogP contribution in [0.3, 0.4) is 0 Å². The van der Waals surface area contributed by atoms with Crippen molar-refractivity contribution in [1.82, 2.24) is 5.32 Å². The molecule has 0 spiro atoms. The van der Waals surface area contributed by atoms with E-state index in [1.165, 1.54) is 38.5 Å². The van der Waals surface area contributed by atoms with Crippen LogP contribution >= 0.6 is 23.2 Å². The van der Waals surface area contributed by atoms with Crippen molar-refractivity contribution in [3.8, 4) is 5.75 Å². The monoisotopic (exact) mass is 329 g/mol. The van der Waals surface area contributed by atoms with E-state index in [2.05, 4.69) is 5.32 Å². The van der Waals surface area contributed by atoms with Crippen LogP contribution in [0.25, 0.3) is 0 Å². The maximum Gasteiger partial charge on any atom is 0.139 e. The molecule has 0 aromatic heterocycles. The van der Waals surface area contributed by atoms with E-state index in [0.717, 1.165) is 10.6 Å². The summed E-state index contributed by atoms with van der Waals surface area (Å²) in [6, 6.07) is 4.09. The molecule has 2 rings (SSSR count). The maximum atomic E-state index is 6.49. The largest absolute Gasteiger partial charge is 0.492 e. The number of benzene rings is 1. The molecule has 0 radical (unpaired) electrons. The molecule has 0 saturated heterocycles. The fourth-order valence-electron chi connectivity index (χ4n) is 3.34. The minimum absolute atomic E-state index is 0.267. The van der Waals surface area contributed by atoms with Gasteiger partial charge in [0.2, 0.25) is 0 Å². The van der Waals surface area contributed by atoms with Crippen LogP contribution in [0.5, 0.6) is 5.75 Å². The van der Waals surface area contributed by atoms with Gasteiger partial charge in [0.15, 0.2) is 0 Å². The lowest BCUT2D eigenvalue weighted by atomic mass is 9.87. The summed E-state index contributed by atoms with van der Waals surface area (Å²) in [5.41, 5.74) is 1.10. The fraction of sp³-hybridized carbons (Fsp3) is 0.647. The topological polar surface area (TPSA) is 21.3 Å². The van der Waals surface area contributed by atoms with E-state index in [9.17, 15) is 0 Å². The molecule has 0 amide bonds. The fourth-order valence-corrected chi connectivity index (χ4v) is 3.84. The molecule has 1 N–H and O–H groups in total. The number of hydrogen-bond donors (Lipinski definition) is 1. The van der Waals surface area contributed by atoms with Gasteiger partial charge in [0.1, 0.15) is 5.75 Å². The quantitative estimate of drug-likeness (QED) is 0.707. The molecule has 0 heterocycles. The van der Waals surface area contributed by atoms with Gasteiger partial charge in [-0.2, -0.15) is 0 Å². The molecular weight excluding hydrogens is 305 g/mol. The van der Waals surface area contributed by atoms with Crippen LogP contribution in [0.4, 0.5) is 0 Å². The first-order chi connectivity index (χ1) is 10.2. The van der Waals surface area contributed by atoms with Crippen molar-refractivity contribution in [3.63, 3.8) is 0 Å². The molecule has 1 aliphatic carbocycles. The van der Waals surface area contributed by atoms with Crippen LogP contribution in [0.15, 0.2) is 12.1 Å². The molecule has 4 heteroatoms. The highest BCUT2D eigenvalue weighted by Gasteiger charge is 2.25. The summed E-state index contributed by atoms with van der Waals surface area (Å²) in [6.45, 7) is 2.54. The molecule has 1 atom stereocenters. The Bertz CT molecular complexity index is 456. The molecule has 1 fully saturated rings. The molecule has 21 heavy (non-hydrogen) atoms. The maximum absolute atomic E-state index is 6.49. The second-order valence-electron chi connectivity index (χ2n) is 5.76. The zero-order chi connectivity index (χ0) is 15.2. The summed E-state index contributed by atoms with van der Waals surface area (Å²) < 4.78 is 5.51. The number of halogens is 2. The first kappa shape index (κ1) is 16.9. The summed E-state index contributed by atoms with van der Waals surface area (Å²) in [4.78, 5) is 0. The summed E-state index contributed by atoms with van der Waals surface area (Å²) in [5.74, 6) is 1.30. The van der Waals surface area contributed by atoms with Crippen LogP contribution in [0.1, 0.15) is 57.1 Å². The van der Waals surface area contributed by atoms with Gasteiger partial charge in [0.25, 0.3) is 0 Å². The third kappa shape index (κ3) is 4.28. The third-order valence-electron chi connectivity index (χ3n) is 4.37. The van der Waals surface area contributed by atoms with Gasteiger partial charge in [0.05, 0.1) is 11.6 Å². The first-order valence-corrected chi connectivity index (χ1v) is 8.72. The van der Waals surface area contributed by atoms with E-state index >= 15 is 0 Å². The van der Waals surface area contributed by atoms with Crippen molar-refractivity contribution in [3.05, 3.63) is 27.7 Å². The molecule has 0 aliphatic heterocycles. The molecule has 1 aromatic carbocycles. The Morgan fingerprint density at radius 2 is 1.81 bits per heavy atom. The van der Waals surface area contributed by atoms with Crippen molar-refractivity contribution in [1.29, 1.82) is 0 Å². The third-order valence-corrected chi connectivity index (χ3v) is 4.99. The molecule has 1 saturated carbocycles. The molecule has 1 unspecified atom stereocenters. The molecular formula is C17H25Cl2NO. The Kier molecular flexibility index (Phi) is 6.66. The van der Waals surface area contributed by atoms with Gasteiger partial charge in [-0.25, -0.2) is 0 Å². The first-order valence-electron chi connectivity index (χ1n) is 7.96. The molecule has 1 aromatic rings. The number of ether oxygens (including phenoxy) is 1. The Labute approximate surface area is 138 Å². The van der Waals surface area contributed by atoms with Gasteiger partial charge in [0, 0.05) is 17.1 Å². The molecule has 0 bridgehead atoms. The minimum Gasteiger partial charge on any atom is -0.492 e. The Hall–Kier alpha value is -0.440. The van der Waals surface area contributed by atoms with E-state index < -0.39 is 0 Å². The SMILES string of the molecule is CCOc1cc(Cl)c(C(NC)C2CCCCCC2)cc1Cl. The zero-order valence-electron chi connectivity index (χ0n) is 12.9. The van der Waals surface area contributed by atoms with Crippen molar-refractivity contribution in [2.24, 2.45) is 5.92 Å². The highest BCUT2D eigenvalue weighted by atomic mass is 35.5. The number of rotatable bonds is 5. The number of nitrogens with one attached hydrogen (secondary N) is 1. The zero-order valence-corrected chi connectivity index (χ0v) is 14.4. The Morgan fingerprint density at radius 3 is 2.38 bits per heavy atom. The average molecular weight is 330 g/mol. The second-order valence-corrected chi connectivity index (χ2v) is 6.57. The van der Waals surface area contributed by atoms with Crippen molar-refractivity contribution < 1.29 is 4.74 Å². The van der Waals surface area contributed by atoms with Gasteiger partial charge in [-0.15, -0.1) is 0 Å². The van der Waals surface area contributed by atoms with Crippen LogP contribution in [-0.2, 0) is 0 Å². The van der Waals surface area contributed by atoms with Crippen LogP contribution in [0, 0.1) is 5.92 Å². The summed E-state index contributed by atoms with van der Waals surface area (Å²) >= 11 is 12.8. The highest BCUT2D eigenvalue weighted by Crippen LogP contribution is 2.40. The van der Waals surface area contributed by atoms with E-state index in [0.29, 0.717) is 23.3 Å².